The van der Waals surface area contributed by atoms with Crippen molar-refractivity contribution in [1.82, 2.24) is 9.97 Å². The van der Waals surface area contributed by atoms with E-state index >= 15 is 0 Å². The Kier molecular flexibility index (Phi) is 3.76. The van der Waals surface area contributed by atoms with Crippen molar-refractivity contribution in [2.75, 3.05) is 11.9 Å². The SMILES string of the molecule is Cc1ccc(CN(C)c2cc(C#N)ncn2)cc1C. The van der Waals surface area contributed by atoms with Gasteiger partial charge in [0.1, 0.15) is 23.9 Å². The number of nitrogens with zero attached hydrogens (tertiary/aromatic N) is 4. The summed E-state index contributed by atoms with van der Waals surface area (Å²) in [6.07, 6.45) is 1.42. The van der Waals surface area contributed by atoms with Crippen LogP contribution in [0.1, 0.15) is 22.4 Å². The summed E-state index contributed by atoms with van der Waals surface area (Å²) in [6.45, 7) is 4.97. The van der Waals surface area contributed by atoms with Gasteiger partial charge in [-0.2, -0.15) is 5.26 Å². The maximum atomic E-state index is 8.84. The molecule has 0 unspecified atom stereocenters. The highest BCUT2D eigenvalue weighted by atomic mass is 15.2. The smallest absolute Gasteiger partial charge is 0.145 e. The molecule has 96 valence electrons. The first kappa shape index (κ1) is 13.0. The molecule has 0 aliphatic heterocycles. The number of anilines is 1. The van der Waals surface area contributed by atoms with Crippen molar-refractivity contribution in [2.24, 2.45) is 0 Å². The average molecular weight is 252 g/mol. The van der Waals surface area contributed by atoms with Gasteiger partial charge in [0.2, 0.25) is 0 Å². The van der Waals surface area contributed by atoms with Gasteiger partial charge in [0, 0.05) is 19.7 Å². The molecule has 1 aromatic heterocycles. The summed E-state index contributed by atoms with van der Waals surface area (Å²) in [5.41, 5.74) is 4.19. The van der Waals surface area contributed by atoms with Gasteiger partial charge in [0.15, 0.2) is 0 Å². The van der Waals surface area contributed by atoms with Crippen LogP contribution in [0.4, 0.5) is 5.82 Å². The van der Waals surface area contributed by atoms with Crippen molar-refractivity contribution < 1.29 is 0 Å². The third-order valence-corrected chi connectivity index (χ3v) is 3.15. The summed E-state index contributed by atoms with van der Waals surface area (Å²) in [7, 11) is 1.96. The van der Waals surface area contributed by atoms with Crippen molar-refractivity contribution in [3.63, 3.8) is 0 Å². The fourth-order valence-electron chi connectivity index (χ4n) is 1.87. The second-order valence-corrected chi connectivity index (χ2v) is 4.65. The molecule has 0 N–H and O–H groups in total. The van der Waals surface area contributed by atoms with Crippen LogP contribution in [0.15, 0.2) is 30.6 Å². The van der Waals surface area contributed by atoms with Crippen LogP contribution in [0.2, 0.25) is 0 Å². The summed E-state index contributed by atoms with van der Waals surface area (Å²) < 4.78 is 0. The van der Waals surface area contributed by atoms with E-state index in [0.29, 0.717) is 5.69 Å². The third kappa shape index (κ3) is 3.08. The second kappa shape index (κ2) is 5.49. The minimum absolute atomic E-state index is 0.386. The fourth-order valence-corrected chi connectivity index (χ4v) is 1.87. The standard InChI is InChI=1S/C15H16N4/c1-11-4-5-13(6-12(11)2)9-19(3)15-7-14(8-16)17-10-18-15/h4-7,10H,9H2,1-3H3. The van der Waals surface area contributed by atoms with Gasteiger partial charge < -0.3 is 4.90 Å². The highest BCUT2D eigenvalue weighted by molar-refractivity contribution is 5.42. The van der Waals surface area contributed by atoms with Gasteiger partial charge in [-0.25, -0.2) is 9.97 Å². The molecule has 0 radical (unpaired) electrons. The third-order valence-electron chi connectivity index (χ3n) is 3.15. The van der Waals surface area contributed by atoms with Gasteiger partial charge in [-0.05, 0) is 30.5 Å². The van der Waals surface area contributed by atoms with E-state index in [4.69, 9.17) is 5.26 Å². The Morgan fingerprint density at radius 2 is 1.95 bits per heavy atom. The normalized spacial score (nSPS) is 10.0. The van der Waals surface area contributed by atoms with E-state index in [9.17, 15) is 0 Å². The van der Waals surface area contributed by atoms with Crippen molar-refractivity contribution in [3.05, 3.63) is 53.0 Å². The van der Waals surface area contributed by atoms with Crippen molar-refractivity contribution in [1.29, 1.82) is 5.26 Å². The molecule has 0 saturated heterocycles. The van der Waals surface area contributed by atoms with E-state index in [1.54, 1.807) is 6.07 Å². The average Bonchev–Trinajstić information content (AvgIpc) is 2.43. The molecule has 0 saturated carbocycles. The van der Waals surface area contributed by atoms with E-state index in [-0.39, 0.29) is 0 Å². The number of aryl methyl sites for hydroxylation is 2. The zero-order chi connectivity index (χ0) is 13.8. The van der Waals surface area contributed by atoms with E-state index in [2.05, 4.69) is 42.0 Å². The summed E-state index contributed by atoms with van der Waals surface area (Å²) in [4.78, 5) is 10.1. The topological polar surface area (TPSA) is 52.8 Å². The molecule has 0 bridgehead atoms. The molecule has 0 atom stereocenters. The minimum Gasteiger partial charge on any atom is -0.355 e. The van der Waals surface area contributed by atoms with E-state index in [0.717, 1.165) is 12.4 Å². The van der Waals surface area contributed by atoms with Crippen LogP contribution in [0, 0.1) is 25.2 Å². The molecule has 2 rings (SSSR count). The number of hydrogen-bond donors (Lipinski definition) is 0. The Morgan fingerprint density at radius 3 is 2.63 bits per heavy atom. The van der Waals surface area contributed by atoms with Crippen molar-refractivity contribution in [2.45, 2.75) is 20.4 Å². The maximum Gasteiger partial charge on any atom is 0.145 e. The molecule has 0 fully saturated rings. The van der Waals surface area contributed by atoms with Gasteiger partial charge in [0.25, 0.3) is 0 Å². The van der Waals surface area contributed by atoms with Crippen LogP contribution in [0.3, 0.4) is 0 Å². The predicted molar refractivity (Wildman–Crippen MR) is 74.8 cm³/mol. The van der Waals surface area contributed by atoms with Crippen LogP contribution < -0.4 is 4.90 Å². The first-order chi connectivity index (χ1) is 9.10. The maximum absolute atomic E-state index is 8.84. The van der Waals surface area contributed by atoms with Gasteiger partial charge in [0.05, 0.1) is 0 Å². The first-order valence-corrected chi connectivity index (χ1v) is 6.09. The summed E-state index contributed by atoms with van der Waals surface area (Å²) >= 11 is 0. The molecular weight excluding hydrogens is 236 g/mol. The number of nitriles is 1. The molecule has 0 spiro atoms. The van der Waals surface area contributed by atoms with Gasteiger partial charge in [-0.15, -0.1) is 0 Å². The minimum atomic E-state index is 0.386. The van der Waals surface area contributed by atoms with E-state index in [1.165, 1.54) is 23.0 Å². The molecule has 0 aliphatic carbocycles. The molecule has 1 heterocycles. The van der Waals surface area contributed by atoms with Crippen LogP contribution in [-0.2, 0) is 6.54 Å². The molecule has 1 aromatic carbocycles. The van der Waals surface area contributed by atoms with Crippen LogP contribution in [-0.4, -0.2) is 17.0 Å². The highest BCUT2D eigenvalue weighted by Gasteiger charge is 2.06. The van der Waals surface area contributed by atoms with Gasteiger partial charge in [-0.3, -0.25) is 0 Å². The molecule has 0 amide bonds. The monoisotopic (exact) mass is 252 g/mol. The first-order valence-electron chi connectivity index (χ1n) is 6.09. The number of hydrogen-bond acceptors (Lipinski definition) is 4. The molecule has 4 heteroatoms. The highest BCUT2D eigenvalue weighted by Crippen LogP contribution is 2.15. The summed E-state index contributed by atoms with van der Waals surface area (Å²) in [5, 5.41) is 8.84. The van der Waals surface area contributed by atoms with Crippen LogP contribution in [0.5, 0.6) is 0 Å². The van der Waals surface area contributed by atoms with E-state index in [1.807, 2.05) is 18.0 Å². The Morgan fingerprint density at radius 1 is 1.16 bits per heavy atom. The van der Waals surface area contributed by atoms with Gasteiger partial charge >= 0.3 is 0 Å². The fraction of sp³-hybridized carbons (Fsp3) is 0.267. The van der Waals surface area contributed by atoms with Crippen molar-refractivity contribution >= 4 is 5.82 Å². The summed E-state index contributed by atoms with van der Waals surface area (Å²) in [6, 6.07) is 10.1. The zero-order valence-electron chi connectivity index (χ0n) is 11.4. The molecule has 0 aliphatic rings. The Bertz CT molecular complexity index is 628. The Hall–Kier alpha value is -2.41. The molecule has 19 heavy (non-hydrogen) atoms. The largest absolute Gasteiger partial charge is 0.355 e. The van der Waals surface area contributed by atoms with Crippen molar-refractivity contribution in [3.8, 4) is 6.07 Å². The van der Waals surface area contributed by atoms with Crippen LogP contribution in [0.25, 0.3) is 0 Å². The molecule has 2 aromatic rings. The lowest BCUT2D eigenvalue weighted by Gasteiger charge is -2.18. The Labute approximate surface area is 113 Å². The van der Waals surface area contributed by atoms with Gasteiger partial charge in [-0.1, -0.05) is 18.2 Å². The lowest BCUT2D eigenvalue weighted by atomic mass is 10.1. The molecular formula is C15H16N4. The lowest BCUT2D eigenvalue weighted by molar-refractivity contribution is 0.887. The number of benzene rings is 1. The lowest BCUT2D eigenvalue weighted by Crippen LogP contribution is -2.18. The number of aromatic nitrogens is 2. The predicted octanol–water partition coefficient (Wildman–Crippen LogP) is 2.60. The van der Waals surface area contributed by atoms with Crippen LogP contribution >= 0.6 is 0 Å². The quantitative estimate of drug-likeness (QED) is 0.842. The number of rotatable bonds is 3. The zero-order valence-corrected chi connectivity index (χ0v) is 11.4. The Balaban J connectivity index is 2.18. The molecule has 4 nitrogen and oxygen atoms in total. The van der Waals surface area contributed by atoms with E-state index < -0.39 is 0 Å². The second-order valence-electron chi connectivity index (χ2n) is 4.65. The summed E-state index contributed by atoms with van der Waals surface area (Å²) in [5.74, 6) is 0.754.